The summed E-state index contributed by atoms with van der Waals surface area (Å²) in [5.41, 5.74) is 1.30. The van der Waals surface area contributed by atoms with E-state index in [0.717, 1.165) is 5.69 Å². The molecule has 7 nitrogen and oxygen atoms in total. The van der Waals surface area contributed by atoms with Gasteiger partial charge in [-0.05, 0) is 37.6 Å². The predicted molar refractivity (Wildman–Crippen MR) is 95.6 cm³/mol. The maximum absolute atomic E-state index is 12.2. The van der Waals surface area contributed by atoms with E-state index in [1.807, 2.05) is 13.8 Å². The van der Waals surface area contributed by atoms with Gasteiger partial charge in [-0.2, -0.15) is 0 Å². The molecule has 1 aliphatic heterocycles. The first kappa shape index (κ1) is 19.2. The van der Waals surface area contributed by atoms with Crippen molar-refractivity contribution >= 4 is 17.5 Å². The average molecular weight is 349 g/mol. The molecule has 3 N–H and O–H groups in total. The van der Waals surface area contributed by atoms with Crippen molar-refractivity contribution in [1.82, 2.24) is 10.2 Å². The SMILES string of the molecule is CC[C@H](CO)NC(=O)c1ccc(NCC(=O)N2CCO[C@@H](C)C2)cc1. The topological polar surface area (TPSA) is 90.9 Å². The van der Waals surface area contributed by atoms with Gasteiger partial charge in [-0.25, -0.2) is 0 Å². The van der Waals surface area contributed by atoms with E-state index in [2.05, 4.69) is 10.6 Å². The lowest BCUT2D eigenvalue weighted by molar-refractivity contribution is -0.136. The highest BCUT2D eigenvalue weighted by molar-refractivity contribution is 5.94. The van der Waals surface area contributed by atoms with Crippen molar-refractivity contribution < 1.29 is 19.4 Å². The number of hydrogen-bond acceptors (Lipinski definition) is 5. The molecule has 1 aliphatic rings. The summed E-state index contributed by atoms with van der Waals surface area (Å²) >= 11 is 0. The number of ether oxygens (including phenoxy) is 1. The van der Waals surface area contributed by atoms with Gasteiger partial charge in [0.05, 0.1) is 31.9 Å². The van der Waals surface area contributed by atoms with E-state index in [1.54, 1.807) is 29.2 Å². The largest absolute Gasteiger partial charge is 0.394 e. The van der Waals surface area contributed by atoms with Gasteiger partial charge in [-0.15, -0.1) is 0 Å². The van der Waals surface area contributed by atoms with Crippen LogP contribution >= 0.6 is 0 Å². The van der Waals surface area contributed by atoms with Gasteiger partial charge in [-0.1, -0.05) is 6.92 Å². The van der Waals surface area contributed by atoms with Gasteiger partial charge in [0.2, 0.25) is 5.91 Å². The molecule has 1 saturated heterocycles. The molecule has 0 aliphatic carbocycles. The summed E-state index contributed by atoms with van der Waals surface area (Å²) in [4.78, 5) is 26.1. The van der Waals surface area contributed by atoms with Crippen LogP contribution < -0.4 is 10.6 Å². The van der Waals surface area contributed by atoms with E-state index < -0.39 is 0 Å². The molecule has 2 amide bonds. The van der Waals surface area contributed by atoms with Crippen molar-refractivity contribution in [2.75, 3.05) is 38.2 Å². The van der Waals surface area contributed by atoms with Crippen molar-refractivity contribution in [2.24, 2.45) is 0 Å². The zero-order valence-corrected chi connectivity index (χ0v) is 14.8. The van der Waals surface area contributed by atoms with Gasteiger partial charge < -0.3 is 25.4 Å². The summed E-state index contributed by atoms with van der Waals surface area (Å²) in [6.45, 7) is 5.79. The van der Waals surface area contributed by atoms with Gasteiger partial charge in [0.1, 0.15) is 0 Å². The lowest BCUT2D eigenvalue weighted by Crippen LogP contribution is -2.46. The molecule has 1 aromatic carbocycles. The quantitative estimate of drug-likeness (QED) is 0.679. The van der Waals surface area contributed by atoms with Crippen LogP contribution in [0.1, 0.15) is 30.6 Å². The highest BCUT2D eigenvalue weighted by atomic mass is 16.5. The Morgan fingerprint density at radius 3 is 2.68 bits per heavy atom. The minimum Gasteiger partial charge on any atom is -0.394 e. The van der Waals surface area contributed by atoms with Crippen LogP contribution in [0, 0.1) is 0 Å². The molecule has 0 radical (unpaired) electrons. The minimum atomic E-state index is -0.237. The number of morpholine rings is 1. The number of hydrogen-bond donors (Lipinski definition) is 3. The summed E-state index contributed by atoms with van der Waals surface area (Å²) < 4.78 is 5.43. The number of carbonyl (C=O) groups is 2. The fourth-order valence-electron chi connectivity index (χ4n) is 2.62. The van der Waals surface area contributed by atoms with Crippen molar-refractivity contribution in [3.8, 4) is 0 Å². The van der Waals surface area contributed by atoms with Gasteiger partial charge >= 0.3 is 0 Å². The molecule has 1 fully saturated rings. The molecule has 2 atom stereocenters. The third-order valence-corrected chi connectivity index (χ3v) is 4.23. The minimum absolute atomic E-state index is 0.0331. The summed E-state index contributed by atoms with van der Waals surface area (Å²) in [7, 11) is 0. The first-order valence-corrected chi connectivity index (χ1v) is 8.68. The summed E-state index contributed by atoms with van der Waals surface area (Å²) in [6, 6.07) is 6.69. The first-order valence-electron chi connectivity index (χ1n) is 8.68. The van der Waals surface area contributed by atoms with Crippen molar-refractivity contribution in [3.05, 3.63) is 29.8 Å². The van der Waals surface area contributed by atoms with E-state index in [1.165, 1.54) is 0 Å². The van der Waals surface area contributed by atoms with Crippen LogP contribution in [0.15, 0.2) is 24.3 Å². The molecule has 2 rings (SSSR count). The summed E-state index contributed by atoms with van der Waals surface area (Å²) in [5.74, 6) is -0.184. The number of nitrogens with zero attached hydrogens (tertiary/aromatic N) is 1. The number of aliphatic hydroxyl groups is 1. The molecule has 1 heterocycles. The zero-order valence-electron chi connectivity index (χ0n) is 14.8. The van der Waals surface area contributed by atoms with Crippen LogP contribution in [-0.4, -0.2) is 66.8 Å². The molecule has 0 bridgehead atoms. The lowest BCUT2D eigenvalue weighted by Gasteiger charge is -2.31. The first-order chi connectivity index (χ1) is 12.0. The fourth-order valence-corrected chi connectivity index (χ4v) is 2.62. The van der Waals surface area contributed by atoms with E-state index >= 15 is 0 Å². The van der Waals surface area contributed by atoms with E-state index in [-0.39, 0.29) is 37.1 Å². The van der Waals surface area contributed by atoms with Gasteiger partial charge in [0, 0.05) is 24.3 Å². The standard InChI is InChI=1S/C18H27N3O4/c1-3-15(12-22)20-18(24)14-4-6-16(7-5-14)19-10-17(23)21-8-9-25-13(2)11-21/h4-7,13,15,19,22H,3,8-12H2,1-2H3,(H,20,24)/t13-,15+/m0/s1. The van der Waals surface area contributed by atoms with Crippen LogP contribution in [0.25, 0.3) is 0 Å². The third kappa shape index (κ3) is 5.72. The highest BCUT2D eigenvalue weighted by Crippen LogP contribution is 2.11. The molecule has 0 saturated carbocycles. The average Bonchev–Trinajstić information content (AvgIpc) is 2.64. The number of aliphatic hydroxyl groups excluding tert-OH is 1. The van der Waals surface area contributed by atoms with E-state index in [9.17, 15) is 9.59 Å². The van der Waals surface area contributed by atoms with Crippen LogP contribution in [0.2, 0.25) is 0 Å². The normalized spacial score (nSPS) is 18.5. The van der Waals surface area contributed by atoms with Gasteiger partial charge in [-0.3, -0.25) is 9.59 Å². The number of benzene rings is 1. The smallest absolute Gasteiger partial charge is 0.251 e. The second-order valence-corrected chi connectivity index (χ2v) is 6.21. The van der Waals surface area contributed by atoms with Gasteiger partial charge in [0.25, 0.3) is 5.91 Å². The van der Waals surface area contributed by atoms with Crippen molar-refractivity contribution in [1.29, 1.82) is 0 Å². The number of amides is 2. The van der Waals surface area contributed by atoms with E-state index in [0.29, 0.717) is 31.7 Å². The Kier molecular flexibility index (Phi) is 7.21. The molecule has 7 heteroatoms. The Bertz CT molecular complexity index is 572. The fraction of sp³-hybridized carbons (Fsp3) is 0.556. The van der Waals surface area contributed by atoms with Crippen molar-refractivity contribution in [2.45, 2.75) is 32.4 Å². The molecule has 0 unspecified atom stereocenters. The zero-order chi connectivity index (χ0) is 18.2. The number of nitrogens with one attached hydrogen (secondary N) is 2. The highest BCUT2D eigenvalue weighted by Gasteiger charge is 2.20. The van der Waals surface area contributed by atoms with Crippen LogP contribution in [-0.2, 0) is 9.53 Å². The molecule has 0 aromatic heterocycles. The Balaban J connectivity index is 1.83. The molecular formula is C18H27N3O4. The summed E-state index contributed by atoms with van der Waals surface area (Å²) in [6.07, 6.45) is 0.741. The second kappa shape index (κ2) is 9.39. The Morgan fingerprint density at radius 1 is 1.36 bits per heavy atom. The Labute approximate surface area is 148 Å². The van der Waals surface area contributed by atoms with Crippen LogP contribution in [0.4, 0.5) is 5.69 Å². The predicted octanol–water partition coefficient (Wildman–Crippen LogP) is 0.847. The van der Waals surface area contributed by atoms with Gasteiger partial charge in [0.15, 0.2) is 0 Å². The molecule has 25 heavy (non-hydrogen) atoms. The molecule has 1 aromatic rings. The number of anilines is 1. The van der Waals surface area contributed by atoms with Crippen LogP contribution in [0.3, 0.4) is 0 Å². The maximum Gasteiger partial charge on any atom is 0.251 e. The third-order valence-electron chi connectivity index (χ3n) is 4.23. The van der Waals surface area contributed by atoms with Crippen LogP contribution in [0.5, 0.6) is 0 Å². The van der Waals surface area contributed by atoms with Crippen molar-refractivity contribution in [3.63, 3.8) is 0 Å². The Morgan fingerprint density at radius 2 is 2.08 bits per heavy atom. The number of carbonyl (C=O) groups excluding carboxylic acids is 2. The molecular weight excluding hydrogens is 322 g/mol. The number of rotatable bonds is 7. The molecule has 138 valence electrons. The summed E-state index contributed by atoms with van der Waals surface area (Å²) in [5, 5.41) is 15.0. The second-order valence-electron chi connectivity index (χ2n) is 6.21. The molecule has 0 spiro atoms. The lowest BCUT2D eigenvalue weighted by atomic mass is 10.1. The monoisotopic (exact) mass is 349 g/mol. The maximum atomic E-state index is 12.2. The van der Waals surface area contributed by atoms with E-state index in [4.69, 9.17) is 9.84 Å². The Hall–Kier alpha value is -2.12.